The second-order valence-electron chi connectivity index (χ2n) is 3.68. The second-order valence-corrected chi connectivity index (χ2v) is 5.40. The molecule has 0 amide bonds. The first-order valence-corrected chi connectivity index (χ1v) is 6.28. The molecule has 0 aliphatic heterocycles. The smallest absolute Gasteiger partial charge is 0.324 e. The molecular weight excluding hydrogens is 238 g/mol. The summed E-state index contributed by atoms with van der Waals surface area (Å²) in [6.07, 6.45) is 1.12. The SMILES string of the molecule is COC(=O)CS(=O)(=O)NC1(C(=O)O)CCC1. The van der Waals surface area contributed by atoms with Crippen LogP contribution in [0.1, 0.15) is 19.3 Å². The third-order valence-electron chi connectivity index (χ3n) is 2.50. The highest BCUT2D eigenvalue weighted by Crippen LogP contribution is 2.32. The van der Waals surface area contributed by atoms with Crippen molar-refractivity contribution in [1.82, 2.24) is 4.72 Å². The van der Waals surface area contributed by atoms with Crippen LogP contribution in [0.15, 0.2) is 0 Å². The number of carbonyl (C=O) groups excluding carboxylic acids is 1. The Balaban J connectivity index is 2.72. The van der Waals surface area contributed by atoms with E-state index >= 15 is 0 Å². The van der Waals surface area contributed by atoms with Crippen molar-refractivity contribution < 1.29 is 27.9 Å². The summed E-state index contributed by atoms with van der Waals surface area (Å²) in [6.45, 7) is 0. The molecule has 0 aromatic rings. The quantitative estimate of drug-likeness (QED) is 0.612. The minimum atomic E-state index is -3.96. The number of hydrogen-bond donors (Lipinski definition) is 2. The lowest BCUT2D eigenvalue weighted by atomic mass is 9.78. The molecule has 1 aliphatic rings. The average Bonchev–Trinajstić information content (AvgIpc) is 2.10. The summed E-state index contributed by atoms with van der Waals surface area (Å²) in [7, 11) is -2.90. The lowest BCUT2D eigenvalue weighted by Gasteiger charge is -2.37. The van der Waals surface area contributed by atoms with Gasteiger partial charge in [0.1, 0.15) is 5.54 Å². The highest BCUT2D eigenvalue weighted by Gasteiger charge is 2.47. The van der Waals surface area contributed by atoms with Gasteiger partial charge in [-0.05, 0) is 19.3 Å². The highest BCUT2D eigenvalue weighted by molar-refractivity contribution is 7.90. The molecule has 0 radical (unpaired) electrons. The molecule has 2 N–H and O–H groups in total. The molecule has 0 bridgehead atoms. The summed E-state index contributed by atoms with van der Waals surface area (Å²) in [5.41, 5.74) is -1.44. The summed E-state index contributed by atoms with van der Waals surface area (Å²) < 4.78 is 29.1. The van der Waals surface area contributed by atoms with E-state index in [1.54, 1.807) is 0 Å². The van der Waals surface area contributed by atoms with Gasteiger partial charge in [-0.3, -0.25) is 9.59 Å². The van der Waals surface area contributed by atoms with Gasteiger partial charge in [0.15, 0.2) is 5.75 Å². The summed E-state index contributed by atoms with van der Waals surface area (Å²) >= 11 is 0. The molecule has 8 heteroatoms. The average molecular weight is 251 g/mol. The monoisotopic (exact) mass is 251 g/mol. The largest absolute Gasteiger partial charge is 0.480 e. The standard InChI is InChI=1S/C8H13NO6S/c1-15-6(10)5-16(13,14)9-8(7(11)12)3-2-4-8/h9H,2-5H2,1H3,(H,11,12). The minimum Gasteiger partial charge on any atom is -0.480 e. The molecule has 1 fully saturated rings. The van der Waals surface area contributed by atoms with Crippen molar-refractivity contribution in [3.05, 3.63) is 0 Å². The van der Waals surface area contributed by atoms with Crippen LogP contribution in [-0.2, 0) is 24.3 Å². The summed E-state index contributed by atoms with van der Waals surface area (Å²) in [4.78, 5) is 21.7. The van der Waals surface area contributed by atoms with Gasteiger partial charge in [-0.15, -0.1) is 0 Å². The number of esters is 1. The molecular formula is C8H13NO6S. The molecule has 1 saturated carbocycles. The molecule has 0 unspecified atom stereocenters. The van der Waals surface area contributed by atoms with Gasteiger partial charge in [0.2, 0.25) is 10.0 Å². The fraction of sp³-hybridized carbons (Fsp3) is 0.750. The molecule has 0 aromatic carbocycles. The number of ether oxygens (including phenoxy) is 1. The maximum Gasteiger partial charge on any atom is 0.324 e. The predicted molar refractivity (Wildman–Crippen MR) is 53.2 cm³/mol. The third kappa shape index (κ3) is 2.70. The van der Waals surface area contributed by atoms with E-state index in [0.717, 1.165) is 7.11 Å². The van der Waals surface area contributed by atoms with E-state index in [0.29, 0.717) is 6.42 Å². The molecule has 0 heterocycles. The van der Waals surface area contributed by atoms with Gasteiger partial charge >= 0.3 is 11.9 Å². The number of aliphatic carboxylic acids is 1. The van der Waals surface area contributed by atoms with Crippen LogP contribution in [-0.4, -0.2) is 43.9 Å². The van der Waals surface area contributed by atoms with Crippen molar-refractivity contribution in [3.63, 3.8) is 0 Å². The lowest BCUT2D eigenvalue weighted by molar-refractivity contribution is -0.147. The van der Waals surface area contributed by atoms with E-state index in [-0.39, 0.29) is 12.8 Å². The van der Waals surface area contributed by atoms with Crippen molar-refractivity contribution in [2.75, 3.05) is 12.9 Å². The van der Waals surface area contributed by atoms with Crippen LogP contribution in [0.4, 0.5) is 0 Å². The Morgan fingerprint density at radius 3 is 2.31 bits per heavy atom. The Bertz CT molecular complexity index is 397. The molecule has 92 valence electrons. The highest BCUT2D eigenvalue weighted by atomic mass is 32.2. The van der Waals surface area contributed by atoms with E-state index in [2.05, 4.69) is 4.74 Å². The number of sulfonamides is 1. The zero-order chi connectivity index (χ0) is 12.4. The summed E-state index contributed by atoms with van der Waals surface area (Å²) in [5.74, 6) is -3.00. The van der Waals surface area contributed by atoms with E-state index in [9.17, 15) is 18.0 Å². The molecule has 0 spiro atoms. The normalized spacial score (nSPS) is 18.6. The summed E-state index contributed by atoms with van der Waals surface area (Å²) in [6, 6.07) is 0. The fourth-order valence-corrected chi connectivity index (χ4v) is 2.82. The molecule has 16 heavy (non-hydrogen) atoms. The molecule has 0 aromatic heterocycles. The Morgan fingerprint density at radius 2 is 2.00 bits per heavy atom. The number of methoxy groups -OCH3 is 1. The van der Waals surface area contributed by atoms with Crippen LogP contribution < -0.4 is 4.72 Å². The predicted octanol–water partition coefficient (Wildman–Crippen LogP) is -0.914. The van der Waals surface area contributed by atoms with Crippen molar-refractivity contribution >= 4 is 22.0 Å². The fourth-order valence-electron chi connectivity index (χ4n) is 1.44. The van der Waals surface area contributed by atoms with Gasteiger partial charge in [0, 0.05) is 0 Å². The van der Waals surface area contributed by atoms with Crippen molar-refractivity contribution in [2.45, 2.75) is 24.8 Å². The molecule has 7 nitrogen and oxygen atoms in total. The van der Waals surface area contributed by atoms with E-state index in [1.807, 2.05) is 4.72 Å². The molecule has 0 saturated heterocycles. The van der Waals surface area contributed by atoms with Gasteiger partial charge < -0.3 is 9.84 Å². The molecule has 1 rings (SSSR count). The Hall–Kier alpha value is -1.15. The van der Waals surface area contributed by atoms with Gasteiger partial charge in [-0.2, -0.15) is 4.72 Å². The van der Waals surface area contributed by atoms with Crippen LogP contribution in [0.25, 0.3) is 0 Å². The first-order chi connectivity index (χ1) is 7.31. The zero-order valence-electron chi connectivity index (χ0n) is 8.73. The minimum absolute atomic E-state index is 0.239. The van der Waals surface area contributed by atoms with Crippen LogP contribution in [0.2, 0.25) is 0 Å². The zero-order valence-corrected chi connectivity index (χ0v) is 9.54. The number of nitrogens with one attached hydrogen (secondary N) is 1. The van der Waals surface area contributed by atoms with Crippen molar-refractivity contribution in [2.24, 2.45) is 0 Å². The summed E-state index contributed by atoms with van der Waals surface area (Å²) in [5, 5.41) is 8.90. The lowest BCUT2D eigenvalue weighted by Crippen LogP contribution is -2.59. The van der Waals surface area contributed by atoms with E-state index in [4.69, 9.17) is 5.11 Å². The maximum absolute atomic E-state index is 11.4. The number of carboxylic acids is 1. The number of carboxylic acid groups (broad SMARTS) is 1. The number of rotatable bonds is 5. The van der Waals surface area contributed by atoms with Gasteiger partial charge in [0.25, 0.3) is 0 Å². The maximum atomic E-state index is 11.4. The Labute approximate surface area is 92.8 Å². The number of carbonyl (C=O) groups is 2. The second kappa shape index (κ2) is 4.38. The number of hydrogen-bond acceptors (Lipinski definition) is 5. The van der Waals surface area contributed by atoms with Gasteiger partial charge in [-0.25, -0.2) is 8.42 Å². The first-order valence-electron chi connectivity index (χ1n) is 4.63. The Kier molecular flexibility index (Phi) is 3.54. The Morgan fingerprint density at radius 1 is 1.44 bits per heavy atom. The van der Waals surface area contributed by atoms with Crippen molar-refractivity contribution in [1.29, 1.82) is 0 Å². The van der Waals surface area contributed by atoms with Crippen LogP contribution >= 0.6 is 0 Å². The first kappa shape index (κ1) is 12.9. The topological polar surface area (TPSA) is 110 Å². The van der Waals surface area contributed by atoms with E-state index < -0.39 is 33.3 Å². The van der Waals surface area contributed by atoms with Gasteiger partial charge in [0.05, 0.1) is 7.11 Å². The van der Waals surface area contributed by atoms with Crippen LogP contribution in [0, 0.1) is 0 Å². The van der Waals surface area contributed by atoms with Crippen molar-refractivity contribution in [3.8, 4) is 0 Å². The molecule has 1 aliphatic carbocycles. The van der Waals surface area contributed by atoms with Gasteiger partial charge in [-0.1, -0.05) is 0 Å². The van der Waals surface area contributed by atoms with Crippen LogP contribution in [0.3, 0.4) is 0 Å². The van der Waals surface area contributed by atoms with E-state index in [1.165, 1.54) is 0 Å². The van der Waals surface area contributed by atoms with Crippen LogP contribution in [0.5, 0.6) is 0 Å². The third-order valence-corrected chi connectivity index (χ3v) is 3.82. The molecule has 0 atom stereocenters.